The van der Waals surface area contributed by atoms with Crippen LogP contribution in [0.15, 0.2) is 30.5 Å². The fraction of sp³-hybridized carbons (Fsp3) is 0.357. The molecule has 0 amide bonds. The molecule has 0 bridgehead atoms. The van der Waals surface area contributed by atoms with Crippen LogP contribution in [0.25, 0.3) is 10.9 Å². The molecule has 0 spiro atoms. The predicted molar refractivity (Wildman–Crippen MR) is 68.2 cm³/mol. The summed E-state index contributed by atoms with van der Waals surface area (Å²) in [6, 6.07) is 7.94. The lowest BCUT2D eigenvalue weighted by Gasteiger charge is -2.09. The predicted octanol–water partition coefficient (Wildman–Crippen LogP) is 3.15. The highest BCUT2D eigenvalue weighted by molar-refractivity contribution is 5.89. The number of nitrogens with zero attached hydrogens (tertiary/aromatic N) is 1. The largest absolute Gasteiger partial charge is 0.481 e. The van der Waals surface area contributed by atoms with Crippen molar-refractivity contribution in [3.8, 4) is 0 Å². The molecule has 1 heterocycles. The van der Waals surface area contributed by atoms with E-state index in [1.54, 1.807) is 0 Å². The molecule has 1 aromatic carbocycles. The van der Waals surface area contributed by atoms with Gasteiger partial charge in [-0.15, -0.1) is 0 Å². The Morgan fingerprint density at radius 1 is 1.41 bits per heavy atom. The van der Waals surface area contributed by atoms with Crippen LogP contribution in [0, 0.1) is 0 Å². The monoisotopic (exact) mass is 231 g/mol. The fourth-order valence-corrected chi connectivity index (χ4v) is 2.35. The average Bonchev–Trinajstić information content (AvgIpc) is 2.64. The Hall–Kier alpha value is -1.77. The van der Waals surface area contributed by atoms with Crippen LogP contribution in [0.4, 0.5) is 0 Å². The van der Waals surface area contributed by atoms with Gasteiger partial charge >= 0.3 is 5.97 Å². The number of carboxylic acid groups (broad SMARTS) is 1. The van der Waals surface area contributed by atoms with Crippen molar-refractivity contribution >= 4 is 16.9 Å². The summed E-state index contributed by atoms with van der Waals surface area (Å²) < 4.78 is 2.00. The molecule has 1 N–H and O–H groups in total. The van der Waals surface area contributed by atoms with Gasteiger partial charge in [0, 0.05) is 24.1 Å². The van der Waals surface area contributed by atoms with E-state index in [1.165, 1.54) is 0 Å². The number of aliphatic carboxylic acids is 1. The second kappa shape index (κ2) is 4.62. The van der Waals surface area contributed by atoms with Crippen molar-refractivity contribution in [1.29, 1.82) is 0 Å². The quantitative estimate of drug-likeness (QED) is 0.878. The minimum atomic E-state index is -0.733. The van der Waals surface area contributed by atoms with E-state index in [1.807, 2.05) is 49.0 Å². The van der Waals surface area contributed by atoms with Crippen molar-refractivity contribution in [2.75, 3.05) is 0 Å². The number of aromatic nitrogens is 1. The number of para-hydroxylation sites is 1. The first-order valence-corrected chi connectivity index (χ1v) is 5.92. The Balaban J connectivity index is 2.57. The number of fused-ring (bicyclic) bond motifs is 1. The Kier molecular flexibility index (Phi) is 3.18. The third-order valence-electron chi connectivity index (χ3n) is 3.18. The van der Waals surface area contributed by atoms with E-state index in [9.17, 15) is 9.90 Å². The summed E-state index contributed by atoms with van der Waals surface area (Å²) in [5, 5.41) is 10.4. The standard InChI is InChI=1S/C14H17NO2/c1-3-6-11(14(16)17)12-9-15(2)13-8-5-4-7-10(12)13/h4-5,7-9,11H,3,6H2,1-2H3,(H,16,17). The summed E-state index contributed by atoms with van der Waals surface area (Å²) in [5.74, 6) is -1.13. The van der Waals surface area contributed by atoms with Gasteiger partial charge < -0.3 is 9.67 Å². The van der Waals surface area contributed by atoms with E-state index < -0.39 is 11.9 Å². The Morgan fingerprint density at radius 2 is 2.12 bits per heavy atom. The molecule has 0 fully saturated rings. The zero-order chi connectivity index (χ0) is 12.4. The van der Waals surface area contributed by atoms with Gasteiger partial charge in [-0.25, -0.2) is 0 Å². The van der Waals surface area contributed by atoms with Gasteiger partial charge in [0.15, 0.2) is 0 Å². The Bertz CT molecular complexity index is 542. The van der Waals surface area contributed by atoms with Crippen LogP contribution in [0.3, 0.4) is 0 Å². The normalized spacial score (nSPS) is 12.8. The molecular formula is C14H17NO2. The van der Waals surface area contributed by atoms with Crippen molar-refractivity contribution in [2.24, 2.45) is 7.05 Å². The average molecular weight is 231 g/mol. The SMILES string of the molecule is CCCC(C(=O)O)c1cn(C)c2ccccc12. The molecule has 3 nitrogen and oxygen atoms in total. The number of carbonyl (C=O) groups is 1. The van der Waals surface area contributed by atoms with Gasteiger partial charge in [0.05, 0.1) is 5.92 Å². The molecule has 3 heteroatoms. The molecule has 1 aromatic heterocycles. The number of aryl methyl sites for hydroxylation is 1. The van der Waals surface area contributed by atoms with Crippen molar-refractivity contribution < 1.29 is 9.90 Å². The first-order valence-electron chi connectivity index (χ1n) is 5.92. The van der Waals surface area contributed by atoms with Gasteiger partial charge in [-0.2, -0.15) is 0 Å². The minimum absolute atomic E-state index is 0.397. The van der Waals surface area contributed by atoms with Gasteiger partial charge in [-0.3, -0.25) is 4.79 Å². The summed E-state index contributed by atoms with van der Waals surface area (Å²) in [4.78, 5) is 11.3. The summed E-state index contributed by atoms with van der Waals surface area (Å²) in [5.41, 5.74) is 2.02. The molecule has 0 saturated heterocycles. The third kappa shape index (κ3) is 2.05. The molecular weight excluding hydrogens is 214 g/mol. The highest BCUT2D eigenvalue weighted by atomic mass is 16.4. The van der Waals surface area contributed by atoms with E-state index in [0.717, 1.165) is 22.9 Å². The second-order valence-electron chi connectivity index (χ2n) is 4.39. The molecule has 0 aliphatic carbocycles. The van der Waals surface area contributed by atoms with Crippen LogP contribution in [0.2, 0.25) is 0 Å². The van der Waals surface area contributed by atoms with Crippen LogP contribution in [-0.4, -0.2) is 15.6 Å². The van der Waals surface area contributed by atoms with Crippen molar-refractivity contribution in [3.63, 3.8) is 0 Å². The Labute approximate surface area is 101 Å². The summed E-state index contributed by atoms with van der Waals surface area (Å²) in [6.07, 6.45) is 3.50. The minimum Gasteiger partial charge on any atom is -0.481 e. The molecule has 17 heavy (non-hydrogen) atoms. The lowest BCUT2D eigenvalue weighted by atomic mass is 9.94. The number of benzene rings is 1. The maximum atomic E-state index is 11.3. The molecule has 1 unspecified atom stereocenters. The number of carboxylic acids is 1. The lowest BCUT2D eigenvalue weighted by Crippen LogP contribution is -2.10. The molecule has 2 rings (SSSR count). The summed E-state index contributed by atoms with van der Waals surface area (Å²) in [7, 11) is 1.96. The van der Waals surface area contributed by atoms with Crippen molar-refractivity contribution in [1.82, 2.24) is 4.57 Å². The third-order valence-corrected chi connectivity index (χ3v) is 3.18. The molecule has 0 aliphatic heterocycles. The summed E-state index contributed by atoms with van der Waals surface area (Å²) >= 11 is 0. The van der Waals surface area contributed by atoms with E-state index in [4.69, 9.17) is 0 Å². The smallest absolute Gasteiger partial charge is 0.311 e. The first kappa shape index (κ1) is 11.7. The van der Waals surface area contributed by atoms with E-state index in [-0.39, 0.29) is 0 Å². The Morgan fingerprint density at radius 3 is 2.76 bits per heavy atom. The van der Waals surface area contributed by atoms with Crippen LogP contribution >= 0.6 is 0 Å². The van der Waals surface area contributed by atoms with Crippen molar-refractivity contribution in [2.45, 2.75) is 25.7 Å². The highest BCUT2D eigenvalue weighted by Crippen LogP contribution is 2.30. The van der Waals surface area contributed by atoms with Gasteiger partial charge in [0.25, 0.3) is 0 Å². The second-order valence-corrected chi connectivity index (χ2v) is 4.39. The topological polar surface area (TPSA) is 42.2 Å². The van der Waals surface area contributed by atoms with E-state index >= 15 is 0 Å². The van der Waals surface area contributed by atoms with Gasteiger partial charge in [0.1, 0.15) is 0 Å². The van der Waals surface area contributed by atoms with Gasteiger partial charge in [-0.1, -0.05) is 31.5 Å². The van der Waals surface area contributed by atoms with Gasteiger partial charge in [-0.05, 0) is 18.1 Å². The van der Waals surface area contributed by atoms with E-state index in [0.29, 0.717) is 6.42 Å². The molecule has 90 valence electrons. The first-order chi connectivity index (χ1) is 8.15. The molecule has 0 saturated carbocycles. The maximum Gasteiger partial charge on any atom is 0.311 e. The highest BCUT2D eigenvalue weighted by Gasteiger charge is 2.22. The van der Waals surface area contributed by atoms with Crippen LogP contribution in [-0.2, 0) is 11.8 Å². The lowest BCUT2D eigenvalue weighted by molar-refractivity contribution is -0.138. The molecule has 2 aromatic rings. The number of rotatable bonds is 4. The van der Waals surface area contributed by atoms with E-state index in [2.05, 4.69) is 0 Å². The van der Waals surface area contributed by atoms with Crippen molar-refractivity contribution in [3.05, 3.63) is 36.0 Å². The van der Waals surface area contributed by atoms with Crippen LogP contribution < -0.4 is 0 Å². The molecule has 1 atom stereocenters. The fourth-order valence-electron chi connectivity index (χ4n) is 2.35. The van der Waals surface area contributed by atoms with Crippen LogP contribution in [0.5, 0.6) is 0 Å². The number of hydrogen-bond donors (Lipinski definition) is 1. The summed E-state index contributed by atoms with van der Waals surface area (Å²) in [6.45, 7) is 2.01. The molecule has 0 radical (unpaired) electrons. The maximum absolute atomic E-state index is 11.3. The number of hydrogen-bond acceptors (Lipinski definition) is 1. The van der Waals surface area contributed by atoms with Gasteiger partial charge in [0.2, 0.25) is 0 Å². The zero-order valence-electron chi connectivity index (χ0n) is 10.2. The molecule has 0 aliphatic rings. The zero-order valence-corrected chi connectivity index (χ0v) is 10.2. The van der Waals surface area contributed by atoms with Crippen LogP contribution in [0.1, 0.15) is 31.2 Å².